The van der Waals surface area contributed by atoms with E-state index < -0.39 is 0 Å². The molecule has 0 saturated heterocycles. The van der Waals surface area contributed by atoms with Crippen LogP contribution in [0, 0.1) is 6.92 Å². The minimum Gasteiger partial charge on any atom is -0.356 e. The van der Waals surface area contributed by atoms with Gasteiger partial charge >= 0.3 is 0 Å². The number of fused-ring (bicyclic) bond motifs is 1. The Morgan fingerprint density at radius 2 is 2.00 bits per heavy atom. The van der Waals surface area contributed by atoms with Gasteiger partial charge in [-0.1, -0.05) is 12.1 Å². The topological polar surface area (TPSA) is 85.0 Å². The molecule has 9 heteroatoms. The summed E-state index contributed by atoms with van der Waals surface area (Å²) in [6.07, 6.45) is 8.14. The van der Waals surface area contributed by atoms with Gasteiger partial charge in [-0.2, -0.15) is 0 Å². The third-order valence-corrected chi connectivity index (χ3v) is 4.96. The lowest BCUT2D eigenvalue weighted by Gasteiger charge is -2.13. The Labute approximate surface area is 198 Å². The van der Waals surface area contributed by atoms with Gasteiger partial charge in [0.25, 0.3) is 0 Å². The number of nitrogens with one attached hydrogen (secondary N) is 2. The smallest absolute Gasteiger partial charge is 0.191 e. The Morgan fingerprint density at radius 3 is 2.81 bits per heavy atom. The van der Waals surface area contributed by atoms with E-state index in [9.17, 15) is 0 Å². The van der Waals surface area contributed by atoms with Crippen molar-refractivity contribution in [3.8, 4) is 5.82 Å². The molecule has 3 heterocycles. The van der Waals surface area contributed by atoms with E-state index in [1.807, 2.05) is 29.0 Å². The van der Waals surface area contributed by atoms with Gasteiger partial charge in [-0.15, -0.1) is 24.0 Å². The number of para-hydroxylation sites is 2. The number of guanidine groups is 1. The van der Waals surface area contributed by atoms with Gasteiger partial charge in [0, 0.05) is 45.3 Å². The van der Waals surface area contributed by atoms with Crippen molar-refractivity contribution in [2.24, 2.45) is 4.99 Å². The second-order valence-electron chi connectivity index (χ2n) is 7.00. The SMILES string of the molecule is CN=C(NCCCn1c(C)nc2ccccc21)NCc1ccnc(-n2ccnc2)c1.I. The van der Waals surface area contributed by atoms with Crippen LogP contribution in [0.1, 0.15) is 17.8 Å². The minimum atomic E-state index is 0. The summed E-state index contributed by atoms with van der Waals surface area (Å²) in [4.78, 5) is 17.4. The second-order valence-corrected chi connectivity index (χ2v) is 7.00. The Balaban J connectivity index is 0.00000272. The van der Waals surface area contributed by atoms with Gasteiger partial charge in [0.2, 0.25) is 0 Å². The molecule has 0 aliphatic heterocycles. The van der Waals surface area contributed by atoms with Gasteiger partial charge in [-0.25, -0.2) is 15.0 Å². The quantitative estimate of drug-likeness (QED) is 0.166. The summed E-state index contributed by atoms with van der Waals surface area (Å²) in [6.45, 7) is 4.45. The fraction of sp³-hybridized carbons (Fsp3) is 0.273. The van der Waals surface area contributed by atoms with E-state index >= 15 is 0 Å². The fourth-order valence-electron chi connectivity index (χ4n) is 3.43. The Bertz CT molecular complexity index is 1130. The molecule has 0 spiro atoms. The molecule has 0 atom stereocenters. The van der Waals surface area contributed by atoms with Crippen LogP contribution in [-0.4, -0.2) is 43.6 Å². The first-order valence-corrected chi connectivity index (χ1v) is 10.0. The highest BCUT2D eigenvalue weighted by atomic mass is 127. The van der Waals surface area contributed by atoms with Crippen LogP contribution >= 0.6 is 24.0 Å². The maximum absolute atomic E-state index is 4.63. The molecule has 1 aromatic carbocycles. The van der Waals surface area contributed by atoms with Crippen molar-refractivity contribution in [1.82, 2.24) is 34.7 Å². The van der Waals surface area contributed by atoms with Crippen LogP contribution in [-0.2, 0) is 13.1 Å². The lowest BCUT2D eigenvalue weighted by molar-refractivity contribution is 0.624. The lowest BCUT2D eigenvalue weighted by atomic mass is 10.2. The Morgan fingerprint density at radius 1 is 1.13 bits per heavy atom. The van der Waals surface area contributed by atoms with Gasteiger partial charge in [-0.3, -0.25) is 9.56 Å². The van der Waals surface area contributed by atoms with Crippen LogP contribution in [0.3, 0.4) is 0 Å². The molecule has 8 nitrogen and oxygen atoms in total. The van der Waals surface area contributed by atoms with Crippen molar-refractivity contribution in [1.29, 1.82) is 0 Å². The molecule has 0 aliphatic rings. The summed E-state index contributed by atoms with van der Waals surface area (Å²) < 4.78 is 4.15. The Hall–Kier alpha value is -2.95. The average molecular weight is 530 g/mol. The number of aryl methyl sites for hydroxylation is 2. The van der Waals surface area contributed by atoms with Gasteiger partial charge in [0.15, 0.2) is 5.96 Å². The van der Waals surface area contributed by atoms with Crippen molar-refractivity contribution in [3.05, 3.63) is 72.7 Å². The standard InChI is InChI=1S/C22H26N8.HI/c1-17-28-19-6-3-4-7-20(19)30(17)12-5-9-26-22(23-2)27-15-18-8-10-25-21(14-18)29-13-11-24-16-29;/h3-4,6-8,10-11,13-14,16H,5,9,12,15H2,1-2H3,(H2,23,26,27);1H. The average Bonchev–Trinajstić information content (AvgIpc) is 3.41. The first-order chi connectivity index (χ1) is 14.7. The molecule has 0 saturated carbocycles. The van der Waals surface area contributed by atoms with Crippen molar-refractivity contribution >= 4 is 41.0 Å². The molecule has 31 heavy (non-hydrogen) atoms. The van der Waals surface area contributed by atoms with Crippen molar-refractivity contribution < 1.29 is 0 Å². The summed E-state index contributed by atoms with van der Waals surface area (Å²) in [6, 6.07) is 12.3. The number of nitrogens with zero attached hydrogens (tertiary/aromatic N) is 6. The zero-order chi connectivity index (χ0) is 20.8. The summed E-state index contributed by atoms with van der Waals surface area (Å²) in [5.74, 6) is 2.67. The number of aromatic nitrogens is 5. The maximum atomic E-state index is 4.63. The van der Waals surface area contributed by atoms with E-state index in [0.717, 1.165) is 48.2 Å². The van der Waals surface area contributed by atoms with E-state index in [-0.39, 0.29) is 24.0 Å². The van der Waals surface area contributed by atoms with Gasteiger partial charge < -0.3 is 15.2 Å². The monoisotopic (exact) mass is 530 g/mol. The molecule has 4 aromatic rings. The predicted octanol–water partition coefficient (Wildman–Crippen LogP) is 3.30. The van der Waals surface area contributed by atoms with Gasteiger partial charge in [0.1, 0.15) is 18.0 Å². The molecule has 0 bridgehead atoms. The molecular weight excluding hydrogens is 503 g/mol. The van der Waals surface area contributed by atoms with E-state index in [1.54, 1.807) is 25.8 Å². The van der Waals surface area contributed by atoms with E-state index in [0.29, 0.717) is 6.54 Å². The summed E-state index contributed by atoms with van der Waals surface area (Å²) >= 11 is 0. The van der Waals surface area contributed by atoms with E-state index in [4.69, 9.17) is 0 Å². The molecule has 0 fully saturated rings. The lowest BCUT2D eigenvalue weighted by Crippen LogP contribution is -2.37. The normalized spacial score (nSPS) is 11.4. The predicted molar refractivity (Wildman–Crippen MR) is 134 cm³/mol. The van der Waals surface area contributed by atoms with Gasteiger partial charge in [-0.05, 0) is 43.2 Å². The van der Waals surface area contributed by atoms with E-state index in [1.165, 1.54) is 5.52 Å². The first-order valence-electron chi connectivity index (χ1n) is 10.0. The number of benzene rings is 1. The molecule has 2 N–H and O–H groups in total. The third-order valence-electron chi connectivity index (χ3n) is 4.96. The van der Waals surface area contributed by atoms with Crippen LogP contribution < -0.4 is 10.6 Å². The molecular formula is C22H27IN8. The zero-order valence-electron chi connectivity index (χ0n) is 17.7. The van der Waals surface area contributed by atoms with Crippen LogP contribution in [0.15, 0.2) is 66.3 Å². The van der Waals surface area contributed by atoms with Crippen molar-refractivity contribution in [2.45, 2.75) is 26.4 Å². The largest absolute Gasteiger partial charge is 0.356 e. The molecule has 162 valence electrons. The number of rotatable bonds is 7. The fourth-order valence-corrected chi connectivity index (χ4v) is 3.43. The minimum absolute atomic E-state index is 0. The number of halogens is 1. The molecule has 0 radical (unpaired) electrons. The summed E-state index contributed by atoms with van der Waals surface area (Å²) in [7, 11) is 1.78. The molecule has 0 amide bonds. The number of imidazole rings is 2. The Kier molecular flexibility index (Phi) is 7.99. The molecule has 0 aliphatic carbocycles. The highest BCUT2D eigenvalue weighted by molar-refractivity contribution is 14.0. The van der Waals surface area contributed by atoms with Crippen LogP contribution in [0.4, 0.5) is 0 Å². The zero-order valence-corrected chi connectivity index (χ0v) is 20.0. The molecule has 3 aromatic heterocycles. The molecule has 4 rings (SSSR count). The van der Waals surface area contributed by atoms with Crippen LogP contribution in [0.5, 0.6) is 0 Å². The van der Waals surface area contributed by atoms with Crippen molar-refractivity contribution in [2.75, 3.05) is 13.6 Å². The number of pyridine rings is 1. The highest BCUT2D eigenvalue weighted by Gasteiger charge is 2.06. The second kappa shape index (κ2) is 10.9. The maximum Gasteiger partial charge on any atom is 0.191 e. The number of hydrogen-bond acceptors (Lipinski definition) is 4. The van der Waals surface area contributed by atoms with E-state index in [2.05, 4.69) is 60.3 Å². The summed E-state index contributed by atoms with van der Waals surface area (Å²) in [5, 5.41) is 6.75. The van der Waals surface area contributed by atoms with Gasteiger partial charge in [0.05, 0.1) is 11.0 Å². The van der Waals surface area contributed by atoms with Crippen LogP contribution in [0.25, 0.3) is 16.9 Å². The summed E-state index contributed by atoms with van der Waals surface area (Å²) in [5.41, 5.74) is 3.36. The third kappa shape index (κ3) is 5.60. The molecule has 0 unspecified atom stereocenters. The first kappa shape index (κ1) is 22.7. The highest BCUT2D eigenvalue weighted by Crippen LogP contribution is 2.15. The number of aliphatic imine (C=N–C) groups is 1. The van der Waals surface area contributed by atoms with Crippen molar-refractivity contribution in [3.63, 3.8) is 0 Å². The van der Waals surface area contributed by atoms with Crippen LogP contribution in [0.2, 0.25) is 0 Å². The number of hydrogen-bond donors (Lipinski definition) is 2.